The van der Waals surface area contributed by atoms with Gasteiger partial charge in [-0.3, -0.25) is 4.79 Å². The zero-order valence-electron chi connectivity index (χ0n) is 12.5. The fraction of sp³-hybridized carbons (Fsp3) is 0.0556. The summed E-state index contributed by atoms with van der Waals surface area (Å²) in [5, 5.41) is 2.75. The third kappa shape index (κ3) is 4.23. The Bertz CT molecular complexity index is 845. The average Bonchev–Trinajstić information content (AvgIpc) is 3.03. The van der Waals surface area contributed by atoms with Crippen LogP contribution >= 0.6 is 15.9 Å². The summed E-state index contributed by atoms with van der Waals surface area (Å²) in [6, 6.07) is 16.2. The van der Waals surface area contributed by atoms with Gasteiger partial charge in [-0.1, -0.05) is 22.0 Å². The fourth-order valence-corrected chi connectivity index (χ4v) is 2.42. The van der Waals surface area contributed by atoms with Gasteiger partial charge in [0.05, 0.1) is 0 Å². The highest BCUT2D eigenvalue weighted by atomic mass is 79.9. The van der Waals surface area contributed by atoms with E-state index in [1.54, 1.807) is 24.3 Å². The van der Waals surface area contributed by atoms with Crippen molar-refractivity contribution in [3.8, 4) is 5.75 Å². The number of hydrogen-bond donors (Lipinski definition) is 1. The van der Waals surface area contributed by atoms with Crippen LogP contribution in [0.2, 0.25) is 0 Å². The van der Waals surface area contributed by atoms with Gasteiger partial charge in [0.2, 0.25) is 0 Å². The third-order valence-corrected chi connectivity index (χ3v) is 3.66. The summed E-state index contributed by atoms with van der Waals surface area (Å²) in [4.78, 5) is 12.1. The number of carbonyl (C=O) groups excluding carboxylic acids is 1. The van der Waals surface area contributed by atoms with Crippen LogP contribution in [0.3, 0.4) is 0 Å². The number of furan rings is 1. The van der Waals surface area contributed by atoms with Gasteiger partial charge in [0, 0.05) is 10.2 Å². The molecule has 0 radical (unpaired) electrons. The summed E-state index contributed by atoms with van der Waals surface area (Å²) in [5.74, 6) is 0.535. The van der Waals surface area contributed by atoms with Crippen LogP contribution in [0.5, 0.6) is 5.75 Å². The Labute approximate surface area is 146 Å². The van der Waals surface area contributed by atoms with Crippen LogP contribution in [-0.2, 0) is 6.61 Å². The summed E-state index contributed by atoms with van der Waals surface area (Å²) in [7, 11) is 0. The highest BCUT2D eigenvalue weighted by molar-refractivity contribution is 9.10. The molecule has 3 rings (SSSR count). The van der Waals surface area contributed by atoms with E-state index in [0.29, 0.717) is 17.2 Å². The van der Waals surface area contributed by atoms with Crippen LogP contribution in [0.4, 0.5) is 10.1 Å². The standard InChI is InChI=1S/C18H13BrFNO3/c19-12-2-1-3-14(10-12)21-18(22)17-9-8-16(24-17)11-23-15-6-4-13(20)5-7-15/h1-10H,11H2,(H,21,22). The van der Waals surface area contributed by atoms with Crippen LogP contribution in [0.25, 0.3) is 0 Å². The zero-order chi connectivity index (χ0) is 16.9. The van der Waals surface area contributed by atoms with E-state index in [1.165, 1.54) is 24.3 Å². The van der Waals surface area contributed by atoms with Crippen molar-refractivity contribution in [2.24, 2.45) is 0 Å². The Morgan fingerprint density at radius 2 is 1.92 bits per heavy atom. The maximum absolute atomic E-state index is 12.8. The maximum atomic E-state index is 12.8. The van der Waals surface area contributed by atoms with Gasteiger partial charge >= 0.3 is 0 Å². The molecule has 0 atom stereocenters. The first-order valence-corrected chi connectivity index (χ1v) is 7.93. The van der Waals surface area contributed by atoms with Crippen molar-refractivity contribution in [2.75, 3.05) is 5.32 Å². The Hall–Kier alpha value is -2.60. The van der Waals surface area contributed by atoms with E-state index >= 15 is 0 Å². The van der Waals surface area contributed by atoms with Crippen molar-refractivity contribution in [2.45, 2.75) is 6.61 Å². The van der Waals surface area contributed by atoms with E-state index in [4.69, 9.17) is 9.15 Å². The zero-order valence-corrected chi connectivity index (χ0v) is 14.0. The molecular weight excluding hydrogens is 377 g/mol. The van der Waals surface area contributed by atoms with Gasteiger partial charge in [0.15, 0.2) is 5.76 Å². The SMILES string of the molecule is O=C(Nc1cccc(Br)c1)c1ccc(COc2ccc(F)cc2)o1. The summed E-state index contributed by atoms with van der Waals surface area (Å²) < 4.78 is 24.6. The van der Waals surface area contributed by atoms with Crippen molar-refractivity contribution < 1.29 is 18.3 Å². The highest BCUT2D eigenvalue weighted by Gasteiger charge is 2.12. The lowest BCUT2D eigenvalue weighted by atomic mass is 10.3. The summed E-state index contributed by atoms with van der Waals surface area (Å²) in [6.07, 6.45) is 0. The molecule has 6 heteroatoms. The molecule has 0 unspecified atom stereocenters. The van der Waals surface area contributed by atoms with Gasteiger partial charge in [-0.25, -0.2) is 4.39 Å². The van der Waals surface area contributed by atoms with Crippen LogP contribution in [0.15, 0.2) is 69.6 Å². The fourth-order valence-electron chi connectivity index (χ4n) is 2.02. The molecule has 0 fully saturated rings. The number of carbonyl (C=O) groups is 1. The van der Waals surface area contributed by atoms with Crippen LogP contribution in [0, 0.1) is 5.82 Å². The Morgan fingerprint density at radius 3 is 2.67 bits per heavy atom. The number of nitrogens with one attached hydrogen (secondary N) is 1. The average molecular weight is 390 g/mol. The molecule has 24 heavy (non-hydrogen) atoms. The number of ether oxygens (including phenoxy) is 1. The van der Waals surface area contributed by atoms with Crippen LogP contribution < -0.4 is 10.1 Å². The second kappa shape index (κ2) is 7.31. The van der Waals surface area contributed by atoms with E-state index in [2.05, 4.69) is 21.2 Å². The number of amides is 1. The Morgan fingerprint density at radius 1 is 1.12 bits per heavy atom. The number of halogens is 2. The molecule has 0 bridgehead atoms. The first-order chi connectivity index (χ1) is 11.6. The lowest BCUT2D eigenvalue weighted by molar-refractivity contribution is 0.0992. The smallest absolute Gasteiger partial charge is 0.291 e. The van der Waals surface area contributed by atoms with Gasteiger partial charge in [0.25, 0.3) is 5.91 Å². The van der Waals surface area contributed by atoms with Crippen molar-refractivity contribution >= 4 is 27.5 Å². The van der Waals surface area contributed by atoms with Crippen LogP contribution in [0.1, 0.15) is 16.3 Å². The maximum Gasteiger partial charge on any atom is 0.291 e. The lowest BCUT2D eigenvalue weighted by Crippen LogP contribution is -2.10. The minimum Gasteiger partial charge on any atom is -0.486 e. The number of anilines is 1. The highest BCUT2D eigenvalue weighted by Crippen LogP contribution is 2.18. The van der Waals surface area contributed by atoms with E-state index in [1.807, 2.05) is 12.1 Å². The van der Waals surface area contributed by atoms with Gasteiger partial charge < -0.3 is 14.5 Å². The monoisotopic (exact) mass is 389 g/mol. The molecule has 0 spiro atoms. The molecule has 0 saturated carbocycles. The quantitative estimate of drug-likeness (QED) is 0.666. The van der Waals surface area contributed by atoms with E-state index in [-0.39, 0.29) is 24.1 Å². The van der Waals surface area contributed by atoms with Crippen molar-refractivity contribution in [3.05, 3.63) is 82.5 Å². The normalized spacial score (nSPS) is 10.4. The van der Waals surface area contributed by atoms with Gasteiger partial charge in [0.1, 0.15) is 23.9 Å². The Balaban J connectivity index is 1.60. The first kappa shape index (κ1) is 16.3. The molecule has 0 aliphatic heterocycles. The number of rotatable bonds is 5. The molecule has 0 aliphatic rings. The van der Waals surface area contributed by atoms with Crippen molar-refractivity contribution in [1.82, 2.24) is 0 Å². The van der Waals surface area contributed by atoms with Gasteiger partial charge in [-0.2, -0.15) is 0 Å². The molecule has 4 nitrogen and oxygen atoms in total. The van der Waals surface area contributed by atoms with Crippen LogP contribution in [-0.4, -0.2) is 5.91 Å². The molecule has 0 saturated heterocycles. The molecule has 3 aromatic rings. The van der Waals surface area contributed by atoms with Crippen molar-refractivity contribution in [1.29, 1.82) is 0 Å². The lowest BCUT2D eigenvalue weighted by Gasteiger charge is -2.04. The third-order valence-electron chi connectivity index (χ3n) is 3.16. The molecule has 1 aromatic heterocycles. The van der Waals surface area contributed by atoms with Crippen molar-refractivity contribution in [3.63, 3.8) is 0 Å². The second-order valence-corrected chi connectivity index (χ2v) is 5.89. The van der Waals surface area contributed by atoms with E-state index in [9.17, 15) is 9.18 Å². The summed E-state index contributed by atoms with van der Waals surface area (Å²) in [5.41, 5.74) is 0.662. The van der Waals surface area contributed by atoms with Gasteiger partial charge in [-0.15, -0.1) is 0 Å². The van der Waals surface area contributed by atoms with E-state index < -0.39 is 0 Å². The van der Waals surface area contributed by atoms with E-state index in [0.717, 1.165) is 4.47 Å². The molecular formula is C18H13BrFNO3. The molecule has 122 valence electrons. The predicted molar refractivity (Wildman–Crippen MR) is 91.5 cm³/mol. The molecule has 1 amide bonds. The number of benzene rings is 2. The largest absolute Gasteiger partial charge is 0.486 e. The number of hydrogen-bond acceptors (Lipinski definition) is 3. The minimum absolute atomic E-state index is 0.149. The first-order valence-electron chi connectivity index (χ1n) is 7.14. The Kier molecular flexibility index (Phi) is 4.96. The second-order valence-electron chi connectivity index (χ2n) is 4.97. The predicted octanol–water partition coefficient (Wildman–Crippen LogP) is 5.01. The molecule has 2 aromatic carbocycles. The molecule has 1 heterocycles. The topological polar surface area (TPSA) is 51.5 Å². The molecule has 1 N–H and O–H groups in total. The molecule has 0 aliphatic carbocycles. The minimum atomic E-state index is -0.346. The summed E-state index contributed by atoms with van der Waals surface area (Å²) in [6.45, 7) is 0.149. The van der Waals surface area contributed by atoms with Gasteiger partial charge in [-0.05, 0) is 54.6 Å². The summed E-state index contributed by atoms with van der Waals surface area (Å²) >= 11 is 3.34.